The number of anilines is 1. The fourth-order valence-electron chi connectivity index (χ4n) is 3.37. The van der Waals surface area contributed by atoms with Gasteiger partial charge in [0.1, 0.15) is 5.75 Å². The molecule has 2 aromatic carbocycles. The van der Waals surface area contributed by atoms with Crippen molar-refractivity contribution in [1.29, 1.82) is 0 Å². The minimum Gasteiger partial charge on any atom is -0.497 e. The Balaban J connectivity index is 1.40. The lowest BCUT2D eigenvalue weighted by atomic mass is 10.1. The quantitative estimate of drug-likeness (QED) is 0.657. The van der Waals surface area contributed by atoms with Crippen LogP contribution in [0.3, 0.4) is 0 Å². The van der Waals surface area contributed by atoms with Crippen molar-refractivity contribution >= 4 is 23.3 Å². The van der Waals surface area contributed by atoms with Gasteiger partial charge in [-0.1, -0.05) is 29.8 Å². The van der Waals surface area contributed by atoms with Crippen LogP contribution < -0.4 is 9.64 Å². The highest BCUT2D eigenvalue weighted by atomic mass is 35.5. The zero-order valence-electron chi connectivity index (χ0n) is 16.1. The number of methoxy groups -OCH3 is 1. The normalized spacial score (nSPS) is 14.0. The van der Waals surface area contributed by atoms with Crippen molar-refractivity contribution < 1.29 is 9.53 Å². The minimum absolute atomic E-state index is 0.00612. The van der Waals surface area contributed by atoms with Gasteiger partial charge in [-0.2, -0.15) is 0 Å². The maximum absolute atomic E-state index is 12.7. The summed E-state index contributed by atoms with van der Waals surface area (Å²) in [7, 11) is 1.64. The predicted octanol–water partition coefficient (Wildman–Crippen LogP) is 3.77. The fraction of sp³-hybridized carbons (Fsp3) is 0.227. The second kappa shape index (κ2) is 8.49. The Kier molecular flexibility index (Phi) is 5.62. The summed E-state index contributed by atoms with van der Waals surface area (Å²) in [5.74, 6) is 1.60. The molecule has 0 bridgehead atoms. The van der Waals surface area contributed by atoms with Gasteiger partial charge < -0.3 is 14.5 Å². The van der Waals surface area contributed by atoms with Crippen LogP contribution in [0.4, 0.5) is 5.82 Å². The second-order valence-electron chi connectivity index (χ2n) is 6.80. The topological polar surface area (TPSA) is 58.6 Å². The number of benzene rings is 2. The second-order valence-corrected chi connectivity index (χ2v) is 7.23. The summed E-state index contributed by atoms with van der Waals surface area (Å²) in [6.45, 7) is 2.67. The number of rotatable bonds is 4. The van der Waals surface area contributed by atoms with Crippen LogP contribution in [-0.2, 0) is 0 Å². The summed E-state index contributed by atoms with van der Waals surface area (Å²) in [6, 6.07) is 18.7. The molecule has 1 aromatic heterocycles. The van der Waals surface area contributed by atoms with E-state index in [0.29, 0.717) is 36.8 Å². The van der Waals surface area contributed by atoms with Gasteiger partial charge in [0.2, 0.25) is 0 Å². The molecule has 1 aliphatic heterocycles. The molecule has 0 N–H and O–H groups in total. The van der Waals surface area contributed by atoms with Crippen LogP contribution >= 0.6 is 11.6 Å². The fourth-order valence-corrected chi connectivity index (χ4v) is 3.56. The highest BCUT2D eigenvalue weighted by molar-refractivity contribution is 6.30. The number of hydrogen-bond donors (Lipinski definition) is 0. The Morgan fingerprint density at radius 1 is 0.966 bits per heavy atom. The Bertz CT molecular complexity index is 1000. The molecule has 0 radical (unpaired) electrons. The van der Waals surface area contributed by atoms with Crippen LogP contribution in [0.25, 0.3) is 11.3 Å². The smallest absolute Gasteiger partial charge is 0.254 e. The van der Waals surface area contributed by atoms with Crippen LogP contribution in [0.2, 0.25) is 5.02 Å². The van der Waals surface area contributed by atoms with E-state index in [1.165, 1.54) is 0 Å². The first-order chi connectivity index (χ1) is 14.1. The van der Waals surface area contributed by atoms with Gasteiger partial charge in [-0.05, 0) is 42.5 Å². The maximum Gasteiger partial charge on any atom is 0.254 e. The van der Waals surface area contributed by atoms with Gasteiger partial charge in [0.25, 0.3) is 5.91 Å². The first-order valence-corrected chi connectivity index (χ1v) is 9.80. The molecule has 4 rings (SSSR count). The first-order valence-electron chi connectivity index (χ1n) is 9.42. The molecule has 148 valence electrons. The number of carbonyl (C=O) groups is 1. The molecule has 0 spiro atoms. The van der Waals surface area contributed by atoms with Crippen LogP contribution in [0, 0.1) is 0 Å². The highest BCUT2D eigenvalue weighted by Gasteiger charge is 2.23. The summed E-state index contributed by atoms with van der Waals surface area (Å²) >= 11 is 6.00. The van der Waals surface area contributed by atoms with Crippen molar-refractivity contribution in [2.75, 3.05) is 38.2 Å². The predicted molar refractivity (Wildman–Crippen MR) is 114 cm³/mol. The maximum atomic E-state index is 12.7. The van der Waals surface area contributed by atoms with Gasteiger partial charge >= 0.3 is 0 Å². The molecule has 7 heteroatoms. The van der Waals surface area contributed by atoms with E-state index in [2.05, 4.69) is 15.1 Å². The van der Waals surface area contributed by atoms with E-state index in [1.807, 2.05) is 41.3 Å². The van der Waals surface area contributed by atoms with Gasteiger partial charge in [0, 0.05) is 42.3 Å². The Hall–Kier alpha value is -3.12. The lowest BCUT2D eigenvalue weighted by Crippen LogP contribution is -2.49. The zero-order valence-corrected chi connectivity index (χ0v) is 16.8. The lowest BCUT2D eigenvalue weighted by molar-refractivity contribution is 0.0746. The number of aromatic nitrogens is 2. The molecule has 6 nitrogen and oxygen atoms in total. The number of halogens is 1. The highest BCUT2D eigenvalue weighted by Crippen LogP contribution is 2.23. The summed E-state index contributed by atoms with van der Waals surface area (Å²) in [4.78, 5) is 16.6. The summed E-state index contributed by atoms with van der Waals surface area (Å²) in [6.07, 6.45) is 0. The third-order valence-electron chi connectivity index (χ3n) is 4.98. The van der Waals surface area contributed by atoms with Gasteiger partial charge in [0.05, 0.1) is 12.8 Å². The molecular weight excluding hydrogens is 388 g/mol. The number of piperazine rings is 1. The van der Waals surface area contributed by atoms with E-state index in [0.717, 1.165) is 22.8 Å². The average molecular weight is 409 g/mol. The molecule has 3 aromatic rings. The molecule has 1 aliphatic rings. The van der Waals surface area contributed by atoms with Crippen molar-refractivity contribution in [3.8, 4) is 17.0 Å². The minimum atomic E-state index is 0.00612. The molecule has 0 unspecified atom stereocenters. The van der Waals surface area contributed by atoms with E-state index in [4.69, 9.17) is 16.3 Å². The number of nitrogens with zero attached hydrogens (tertiary/aromatic N) is 4. The Morgan fingerprint density at radius 3 is 2.45 bits per heavy atom. The summed E-state index contributed by atoms with van der Waals surface area (Å²) in [5, 5.41) is 9.33. The van der Waals surface area contributed by atoms with E-state index < -0.39 is 0 Å². The Labute approximate surface area is 174 Å². The van der Waals surface area contributed by atoms with Gasteiger partial charge in [0.15, 0.2) is 5.82 Å². The Morgan fingerprint density at radius 2 is 1.76 bits per heavy atom. The molecule has 1 amide bonds. The number of ether oxygens (including phenoxy) is 1. The van der Waals surface area contributed by atoms with Gasteiger partial charge in [-0.25, -0.2) is 0 Å². The van der Waals surface area contributed by atoms with E-state index in [-0.39, 0.29) is 5.91 Å². The van der Waals surface area contributed by atoms with E-state index in [1.54, 1.807) is 31.4 Å². The summed E-state index contributed by atoms with van der Waals surface area (Å²) in [5.41, 5.74) is 2.37. The third kappa shape index (κ3) is 4.32. The van der Waals surface area contributed by atoms with Crippen LogP contribution in [0.5, 0.6) is 5.75 Å². The average Bonchev–Trinajstić information content (AvgIpc) is 2.79. The van der Waals surface area contributed by atoms with E-state index >= 15 is 0 Å². The zero-order chi connectivity index (χ0) is 20.2. The monoisotopic (exact) mass is 408 g/mol. The molecule has 1 fully saturated rings. The van der Waals surface area contributed by atoms with Crippen LogP contribution in [0.1, 0.15) is 10.4 Å². The molecule has 0 aliphatic carbocycles. The SMILES string of the molecule is COc1cccc(-c2ccc(N3CCN(C(=O)c4cccc(Cl)c4)CC3)nn2)c1. The molecule has 0 saturated carbocycles. The van der Waals surface area contributed by atoms with Crippen molar-refractivity contribution in [2.45, 2.75) is 0 Å². The molecule has 29 heavy (non-hydrogen) atoms. The standard InChI is InChI=1S/C22H21ClN4O2/c1-29-19-7-3-4-16(15-19)20-8-9-21(25-24-20)26-10-12-27(13-11-26)22(28)17-5-2-6-18(23)14-17/h2-9,14-15H,10-13H2,1H3. The summed E-state index contributed by atoms with van der Waals surface area (Å²) < 4.78 is 5.27. The van der Waals surface area contributed by atoms with Gasteiger partial charge in [-0.15, -0.1) is 10.2 Å². The lowest BCUT2D eigenvalue weighted by Gasteiger charge is -2.35. The van der Waals surface area contributed by atoms with Crippen LogP contribution in [-0.4, -0.2) is 54.3 Å². The van der Waals surface area contributed by atoms with Crippen LogP contribution in [0.15, 0.2) is 60.7 Å². The number of hydrogen-bond acceptors (Lipinski definition) is 5. The van der Waals surface area contributed by atoms with E-state index in [9.17, 15) is 4.79 Å². The number of amides is 1. The first kappa shape index (κ1) is 19.2. The molecule has 0 atom stereocenters. The van der Waals surface area contributed by atoms with Crippen molar-refractivity contribution in [2.24, 2.45) is 0 Å². The molecular formula is C22H21ClN4O2. The number of carbonyl (C=O) groups excluding carboxylic acids is 1. The van der Waals surface area contributed by atoms with Crippen molar-refractivity contribution in [3.63, 3.8) is 0 Å². The third-order valence-corrected chi connectivity index (χ3v) is 5.21. The van der Waals surface area contributed by atoms with Crippen molar-refractivity contribution in [1.82, 2.24) is 15.1 Å². The molecule has 2 heterocycles. The van der Waals surface area contributed by atoms with Gasteiger partial charge in [-0.3, -0.25) is 4.79 Å². The molecule has 1 saturated heterocycles. The van der Waals surface area contributed by atoms with Crippen molar-refractivity contribution in [3.05, 3.63) is 71.2 Å². The largest absolute Gasteiger partial charge is 0.497 e.